The Morgan fingerprint density at radius 3 is 3.05 bits per heavy atom. The fourth-order valence-corrected chi connectivity index (χ4v) is 3.31. The maximum atomic E-state index is 12.2. The minimum Gasteiger partial charge on any atom is -0.395 e. The van der Waals surface area contributed by atoms with E-state index in [4.69, 9.17) is 5.11 Å². The van der Waals surface area contributed by atoms with Gasteiger partial charge in [0.25, 0.3) is 0 Å². The molecule has 0 bridgehead atoms. The van der Waals surface area contributed by atoms with Crippen molar-refractivity contribution in [3.8, 4) is 0 Å². The zero-order chi connectivity index (χ0) is 15.1. The number of amides is 2. The molecule has 2 amide bonds. The number of nitrogens with one attached hydrogen (secondary N) is 2. The Kier molecular flexibility index (Phi) is 6.07. The normalized spacial score (nSPS) is 17.6. The number of aryl methyl sites for hydroxylation is 1. The number of para-hydroxylation sites is 1. The molecule has 1 heterocycles. The zero-order valence-electron chi connectivity index (χ0n) is 11.8. The summed E-state index contributed by atoms with van der Waals surface area (Å²) in [4.78, 5) is 23.6. The average Bonchev–Trinajstić information content (AvgIpc) is 2.64. The molecule has 1 aliphatic heterocycles. The summed E-state index contributed by atoms with van der Waals surface area (Å²) in [6, 6.07) is 7.84. The standard InChI is InChI=1S/C15H20N2O3S/c18-9-8-16-14(19)7-10-21-13-6-5-11-3-1-2-4-12(11)17-15(13)20/h1-4,13,18H,5-10H2,(H,16,19)(H,17,20). The topological polar surface area (TPSA) is 78.4 Å². The quantitative estimate of drug-likeness (QED) is 0.737. The van der Waals surface area contributed by atoms with E-state index in [-0.39, 0.29) is 30.2 Å². The Balaban J connectivity index is 1.80. The van der Waals surface area contributed by atoms with E-state index in [1.165, 1.54) is 11.8 Å². The highest BCUT2D eigenvalue weighted by atomic mass is 32.2. The minimum absolute atomic E-state index is 0.0146. The molecular formula is C15H20N2O3S. The second-order valence-electron chi connectivity index (χ2n) is 4.87. The van der Waals surface area contributed by atoms with E-state index in [0.717, 1.165) is 24.1 Å². The zero-order valence-corrected chi connectivity index (χ0v) is 12.6. The fraction of sp³-hybridized carbons (Fsp3) is 0.467. The van der Waals surface area contributed by atoms with Crippen LogP contribution in [0.2, 0.25) is 0 Å². The van der Waals surface area contributed by atoms with E-state index in [2.05, 4.69) is 10.6 Å². The van der Waals surface area contributed by atoms with Crippen LogP contribution in [0.25, 0.3) is 0 Å². The molecule has 0 fully saturated rings. The second kappa shape index (κ2) is 8.05. The van der Waals surface area contributed by atoms with Crippen LogP contribution in [-0.4, -0.2) is 41.1 Å². The molecule has 0 spiro atoms. The maximum absolute atomic E-state index is 12.2. The van der Waals surface area contributed by atoms with Crippen molar-refractivity contribution in [2.75, 3.05) is 24.2 Å². The molecule has 0 saturated carbocycles. The van der Waals surface area contributed by atoms with Crippen LogP contribution in [-0.2, 0) is 16.0 Å². The van der Waals surface area contributed by atoms with Gasteiger partial charge in [0, 0.05) is 24.4 Å². The lowest BCUT2D eigenvalue weighted by Crippen LogP contribution is -2.28. The number of aliphatic hydroxyl groups is 1. The van der Waals surface area contributed by atoms with E-state index in [1.54, 1.807) is 0 Å². The number of carbonyl (C=O) groups excluding carboxylic acids is 2. The third-order valence-electron chi connectivity index (χ3n) is 3.33. The van der Waals surface area contributed by atoms with Crippen LogP contribution in [0, 0.1) is 0 Å². The molecule has 6 heteroatoms. The summed E-state index contributed by atoms with van der Waals surface area (Å²) >= 11 is 1.52. The summed E-state index contributed by atoms with van der Waals surface area (Å²) in [7, 11) is 0. The molecular weight excluding hydrogens is 288 g/mol. The number of thioether (sulfide) groups is 1. The van der Waals surface area contributed by atoms with Crippen molar-refractivity contribution < 1.29 is 14.7 Å². The van der Waals surface area contributed by atoms with Gasteiger partial charge >= 0.3 is 0 Å². The number of benzene rings is 1. The van der Waals surface area contributed by atoms with Gasteiger partial charge in [0.15, 0.2) is 0 Å². The van der Waals surface area contributed by atoms with E-state index in [0.29, 0.717) is 12.2 Å². The van der Waals surface area contributed by atoms with Crippen molar-refractivity contribution in [2.45, 2.75) is 24.5 Å². The molecule has 0 aliphatic carbocycles. The molecule has 1 atom stereocenters. The lowest BCUT2D eigenvalue weighted by atomic mass is 10.1. The van der Waals surface area contributed by atoms with Gasteiger partial charge in [-0.05, 0) is 24.5 Å². The van der Waals surface area contributed by atoms with Crippen LogP contribution in [0.3, 0.4) is 0 Å². The van der Waals surface area contributed by atoms with Crippen molar-refractivity contribution in [1.82, 2.24) is 5.32 Å². The van der Waals surface area contributed by atoms with Crippen LogP contribution in [0.15, 0.2) is 24.3 Å². The molecule has 1 aromatic carbocycles. The van der Waals surface area contributed by atoms with Crippen LogP contribution >= 0.6 is 11.8 Å². The number of carbonyl (C=O) groups is 2. The van der Waals surface area contributed by atoms with Gasteiger partial charge in [0.1, 0.15) is 0 Å². The minimum atomic E-state index is -0.122. The Morgan fingerprint density at radius 1 is 1.43 bits per heavy atom. The van der Waals surface area contributed by atoms with Gasteiger partial charge in [-0.2, -0.15) is 0 Å². The van der Waals surface area contributed by atoms with Gasteiger partial charge in [0.2, 0.25) is 11.8 Å². The molecule has 0 aromatic heterocycles. The smallest absolute Gasteiger partial charge is 0.237 e. The fourth-order valence-electron chi connectivity index (χ4n) is 2.23. The molecule has 1 aromatic rings. The van der Waals surface area contributed by atoms with Crippen LogP contribution in [0.4, 0.5) is 5.69 Å². The number of hydrogen-bond donors (Lipinski definition) is 3. The SMILES string of the molecule is O=C(CCSC1CCc2ccccc2NC1=O)NCCO. The number of aliphatic hydroxyl groups excluding tert-OH is 1. The predicted molar refractivity (Wildman–Crippen MR) is 84.4 cm³/mol. The molecule has 3 N–H and O–H groups in total. The Labute approximate surface area is 128 Å². The largest absolute Gasteiger partial charge is 0.395 e. The van der Waals surface area contributed by atoms with E-state index in [9.17, 15) is 9.59 Å². The highest BCUT2D eigenvalue weighted by molar-refractivity contribution is 8.00. The van der Waals surface area contributed by atoms with Crippen molar-refractivity contribution in [3.63, 3.8) is 0 Å². The number of hydrogen-bond acceptors (Lipinski definition) is 4. The van der Waals surface area contributed by atoms with Crippen molar-refractivity contribution in [3.05, 3.63) is 29.8 Å². The molecule has 5 nitrogen and oxygen atoms in total. The third kappa shape index (κ3) is 4.75. The number of rotatable bonds is 6. The summed E-state index contributed by atoms with van der Waals surface area (Å²) in [5.41, 5.74) is 2.06. The average molecular weight is 308 g/mol. The lowest BCUT2D eigenvalue weighted by Gasteiger charge is -2.12. The van der Waals surface area contributed by atoms with Gasteiger partial charge in [0.05, 0.1) is 11.9 Å². The molecule has 2 rings (SSSR count). The first-order valence-corrected chi connectivity index (χ1v) is 8.13. The summed E-state index contributed by atoms with van der Waals surface area (Å²) < 4.78 is 0. The maximum Gasteiger partial charge on any atom is 0.237 e. The molecule has 1 aliphatic rings. The number of fused-ring (bicyclic) bond motifs is 1. The van der Waals surface area contributed by atoms with Crippen molar-refractivity contribution >= 4 is 29.3 Å². The highest BCUT2D eigenvalue weighted by Gasteiger charge is 2.23. The first kappa shape index (κ1) is 15.9. The molecule has 0 radical (unpaired) electrons. The number of anilines is 1. The predicted octanol–water partition coefficient (Wildman–Crippen LogP) is 1.17. The van der Waals surface area contributed by atoms with E-state index in [1.807, 2.05) is 24.3 Å². The second-order valence-corrected chi connectivity index (χ2v) is 6.18. The van der Waals surface area contributed by atoms with E-state index >= 15 is 0 Å². The van der Waals surface area contributed by atoms with Crippen LogP contribution in [0.1, 0.15) is 18.4 Å². The first-order chi connectivity index (χ1) is 10.2. The lowest BCUT2D eigenvalue weighted by molar-refractivity contribution is -0.121. The molecule has 114 valence electrons. The Bertz CT molecular complexity index is 507. The van der Waals surface area contributed by atoms with Gasteiger partial charge in [-0.15, -0.1) is 11.8 Å². The molecule has 0 saturated heterocycles. The Hall–Kier alpha value is -1.53. The van der Waals surface area contributed by atoms with E-state index < -0.39 is 0 Å². The van der Waals surface area contributed by atoms with Gasteiger partial charge in [-0.1, -0.05) is 18.2 Å². The van der Waals surface area contributed by atoms with Crippen LogP contribution < -0.4 is 10.6 Å². The highest BCUT2D eigenvalue weighted by Crippen LogP contribution is 2.27. The van der Waals surface area contributed by atoms with Crippen molar-refractivity contribution in [1.29, 1.82) is 0 Å². The molecule has 1 unspecified atom stereocenters. The van der Waals surface area contributed by atoms with Gasteiger partial charge < -0.3 is 15.7 Å². The Morgan fingerprint density at radius 2 is 2.24 bits per heavy atom. The summed E-state index contributed by atoms with van der Waals surface area (Å²) in [5, 5.41) is 14.1. The first-order valence-electron chi connectivity index (χ1n) is 7.08. The summed E-state index contributed by atoms with van der Waals surface area (Å²) in [5.74, 6) is 0.528. The summed E-state index contributed by atoms with van der Waals surface area (Å²) in [6.07, 6.45) is 2.01. The summed E-state index contributed by atoms with van der Waals surface area (Å²) in [6.45, 7) is 0.227. The van der Waals surface area contributed by atoms with Crippen LogP contribution in [0.5, 0.6) is 0 Å². The van der Waals surface area contributed by atoms with Gasteiger partial charge in [-0.25, -0.2) is 0 Å². The third-order valence-corrected chi connectivity index (χ3v) is 4.62. The molecule has 21 heavy (non-hydrogen) atoms. The monoisotopic (exact) mass is 308 g/mol. The van der Waals surface area contributed by atoms with Gasteiger partial charge in [-0.3, -0.25) is 9.59 Å². The van der Waals surface area contributed by atoms with Crippen molar-refractivity contribution in [2.24, 2.45) is 0 Å².